The van der Waals surface area contributed by atoms with Crippen LogP contribution in [0.1, 0.15) is 31.2 Å². The molecule has 0 spiro atoms. The van der Waals surface area contributed by atoms with Crippen LogP contribution >= 0.6 is 11.6 Å². The van der Waals surface area contributed by atoms with E-state index in [0.29, 0.717) is 35.9 Å². The fourth-order valence-corrected chi connectivity index (χ4v) is 4.29. The maximum Gasteiger partial charge on any atom is 0.387 e. The summed E-state index contributed by atoms with van der Waals surface area (Å²) in [6, 6.07) is 11.9. The van der Waals surface area contributed by atoms with E-state index in [1.807, 2.05) is 12.1 Å². The van der Waals surface area contributed by atoms with E-state index in [-0.39, 0.29) is 29.2 Å². The second-order valence-corrected chi connectivity index (χ2v) is 8.82. The Labute approximate surface area is 218 Å². The summed E-state index contributed by atoms with van der Waals surface area (Å²) < 4.78 is 48.4. The lowest BCUT2D eigenvalue weighted by Gasteiger charge is -2.18. The normalized spacial score (nSPS) is 13.5. The summed E-state index contributed by atoms with van der Waals surface area (Å²) in [4.78, 5) is 12.8. The molecule has 198 valence electrons. The summed E-state index contributed by atoms with van der Waals surface area (Å²) in [6.45, 7) is -2.22. The number of nitrogens with zero attached hydrogens (tertiary/aromatic N) is 2. The van der Waals surface area contributed by atoms with Gasteiger partial charge >= 0.3 is 6.61 Å². The highest BCUT2D eigenvalue weighted by Gasteiger charge is 2.20. The number of benzene rings is 2. The first kappa shape index (κ1) is 26.5. The van der Waals surface area contributed by atoms with E-state index in [2.05, 4.69) is 15.2 Å². The van der Waals surface area contributed by atoms with Crippen LogP contribution in [0.15, 0.2) is 53.5 Å². The third-order valence-corrected chi connectivity index (χ3v) is 6.25. The van der Waals surface area contributed by atoms with Crippen molar-refractivity contribution in [1.82, 2.24) is 9.78 Å². The molecule has 11 heteroatoms. The average molecular weight is 536 g/mol. The van der Waals surface area contributed by atoms with Gasteiger partial charge in [0, 0.05) is 6.54 Å². The van der Waals surface area contributed by atoms with Crippen molar-refractivity contribution in [2.75, 3.05) is 25.6 Å². The Morgan fingerprint density at radius 2 is 1.86 bits per heavy atom. The minimum Gasteiger partial charge on any atom is -0.493 e. The van der Waals surface area contributed by atoms with Crippen LogP contribution in [-0.2, 0) is 6.54 Å². The molecule has 0 amide bonds. The molecule has 1 aliphatic carbocycles. The summed E-state index contributed by atoms with van der Waals surface area (Å²) >= 11 is 6.31. The van der Waals surface area contributed by atoms with Crippen molar-refractivity contribution in [3.63, 3.8) is 0 Å². The molecular formula is C26H28ClF2N3O5. The molecule has 3 aromatic rings. The van der Waals surface area contributed by atoms with Crippen LogP contribution in [0.2, 0.25) is 5.02 Å². The number of ether oxygens (including phenoxy) is 4. The Hall–Kier alpha value is -3.53. The van der Waals surface area contributed by atoms with E-state index in [4.69, 9.17) is 25.8 Å². The van der Waals surface area contributed by atoms with E-state index in [1.54, 1.807) is 31.4 Å². The second kappa shape index (κ2) is 12.6. The molecule has 0 bridgehead atoms. The Morgan fingerprint density at radius 1 is 1.11 bits per heavy atom. The van der Waals surface area contributed by atoms with Gasteiger partial charge in [-0.25, -0.2) is 4.68 Å². The highest BCUT2D eigenvalue weighted by atomic mass is 35.5. The van der Waals surface area contributed by atoms with Gasteiger partial charge in [-0.05, 0) is 55.5 Å². The number of methoxy groups -OCH3 is 1. The summed E-state index contributed by atoms with van der Waals surface area (Å²) in [5.74, 6) is 1.40. The fraction of sp³-hybridized carbons (Fsp3) is 0.385. The fourth-order valence-electron chi connectivity index (χ4n) is 4.08. The molecule has 0 saturated heterocycles. The number of aromatic nitrogens is 2. The number of halogens is 3. The number of para-hydroxylation sites is 2. The second-order valence-electron chi connectivity index (χ2n) is 8.45. The zero-order valence-corrected chi connectivity index (χ0v) is 21.0. The van der Waals surface area contributed by atoms with Crippen molar-refractivity contribution in [2.45, 2.75) is 44.9 Å². The quantitative estimate of drug-likeness (QED) is 0.312. The zero-order valence-electron chi connectivity index (χ0n) is 20.3. The van der Waals surface area contributed by atoms with E-state index in [1.165, 1.54) is 16.9 Å². The lowest BCUT2D eigenvalue weighted by atomic mass is 10.2. The van der Waals surface area contributed by atoms with Gasteiger partial charge in [0.1, 0.15) is 11.6 Å². The molecular weight excluding hydrogens is 508 g/mol. The van der Waals surface area contributed by atoms with Gasteiger partial charge in [0.15, 0.2) is 23.0 Å². The number of alkyl halides is 2. The Kier molecular flexibility index (Phi) is 9.05. The number of rotatable bonds is 12. The van der Waals surface area contributed by atoms with Crippen molar-refractivity contribution in [3.8, 4) is 23.0 Å². The molecule has 1 aliphatic rings. The lowest BCUT2D eigenvalue weighted by Crippen LogP contribution is -2.25. The highest BCUT2D eigenvalue weighted by molar-refractivity contribution is 6.32. The van der Waals surface area contributed by atoms with E-state index in [9.17, 15) is 13.6 Å². The van der Waals surface area contributed by atoms with E-state index < -0.39 is 12.2 Å². The van der Waals surface area contributed by atoms with Crippen molar-refractivity contribution in [2.24, 2.45) is 0 Å². The van der Waals surface area contributed by atoms with Gasteiger partial charge in [-0.1, -0.05) is 29.8 Å². The third-order valence-electron chi connectivity index (χ3n) is 5.88. The average Bonchev–Trinajstić information content (AvgIpc) is 3.40. The molecule has 1 heterocycles. The van der Waals surface area contributed by atoms with Crippen molar-refractivity contribution in [3.05, 3.63) is 69.6 Å². The molecule has 0 atom stereocenters. The maximum atomic E-state index is 12.9. The van der Waals surface area contributed by atoms with Gasteiger partial charge in [0.2, 0.25) is 0 Å². The van der Waals surface area contributed by atoms with Crippen LogP contribution < -0.4 is 29.8 Å². The van der Waals surface area contributed by atoms with Crippen LogP contribution in [0.4, 0.5) is 14.5 Å². The molecule has 2 aromatic carbocycles. The van der Waals surface area contributed by atoms with E-state index in [0.717, 1.165) is 25.7 Å². The number of nitrogens with one attached hydrogen (secondary N) is 1. The Bertz CT molecular complexity index is 1250. The summed E-state index contributed by atoms with van der Waals surface area (Å²) in [6.07, 6.45) is 5.17. The largest absolute Gasteiger partial charge is 0.493 e. The first-order valence-electron chi connectivity index (χ1n) is 11.9. The molecule has 1 fully saturated rings. The minimum absolute atomic E-state index is 0.0209. The first-order valence-corrected chi connectivity index (χ1v) is 12.3. The van der Waals surface area contributed by atoms with Gasteiger partial charge < -0.3 is 24.3 Å². The van der Waals surface area contributed by atoms with Crippen molar-refractivity contribution >= 4 is 17.3 Å². The summed E-state index contributed by atoms with van der Waals surface area (Å²) in [5.41, 5.74) is 0.507. The molecule has 0 radical (unpaired) electrons. The predicted molar refractivity (Wildman–Crippen MR) is 136 cm³/mol. The van der Waals surface area contributed by atoms with Gasteiger partial charge in [-0.3, -0.25) is 4.79 Å². The Morgan fingerprint density at radius 3 is 2.59 bits per heavy atom. The van der Waals surface area contributed by atoms with Crippen LogP contribution in [0.25, 0.3) is 0 Å². The lowest BCUT2D eigenvalue weighted by molar-refractivity contribution is -0.0520. The first-order chi connectivity index (χ1) is 17.9. The topological polar surface area (TPSA) is 83.8 Å². The smallest absolute Gasteiger partial charge is 0.387 e. The standard InChI is InChI=1S/C26H28ClF2N3O5/c1-34-20-8-4-5-9-21(20)35-13-12-30-19-15-31-32(25(33)24(19)27)16-17-10-11-22(37-26(28)29)23(14-17)36-18-6-2-3-7-18/h4-5,8-11,14-15,18,26,30H,2-3,6-7,12-13,16H2,1H3. The van der Waals surface area contributed by atoms with Crippen LogP contribution in [0, 0.1) is 0 Å². The highest BCUT2D eigenvalue weighted by Crippen LogP contribution is 2.34. The van der Waals surface area contributed by atoms with Crippen molar-refractivity contribution < 1.29 is 27.7 Å². The molecule has 0 unspecified atom stereocenters. The van der Waals surface area contributed by atoms with Gasteiger partial charge in [-0.2, -0.15) is 13.9 Å². The molecule has 1 saturated carbocycles. The van der Waals surface area contributed by atoms with Gasteiger partial charge in [0.05, 0.1) is 31.6 Å². The molecule has 1 aromatic heterocycles. The van der Waals surface area contributed by atoms with Gasteiger partial charge in [-0.15, -0.1) is 0 Å². The van der Waals surface area contributed by atoms with Crippen LogP contribution in [-0.4, -0.2) is 42.8 Å². The molecule has 0 aliphatic heterocycles. The number of anilines is 1. The monoisotopic (exact) mass is 535 g/mol. The van der Waals surface area contributed by atoms with Crippen molar-refractivity contribution in [1.29, 1.82) is 0 Å². The zero-order chi connectivity index (χ0) is 26.2. The van der Waals surface area contributed by atoms with Gasteiger partial charge in [0.25, 0.3) is 5.56 Å². The predicted octanol–water partition coefficient (Wildman–Crippen LogP) is 5.37. The van der Waals surface area contributed by atoms with Crippen LogP contribution in [0.3, 0.4) is 0 Å². The van der Waals surface area contributed by atoms with Crippen LogP contribution in [0.5, 0.6) is 23.0 Å². The number of hydrogen-bond donors (Lipinski definition) is 1. The molecule has 1 N–H and O–H groups in total. The SMILES string of the molecule is COc1ccccc1OCCNc1cnn(Cc2ccc(OC(F)F)c(OC3CCCC3)c2)c(=O)c1Cl. The molecule has 4 rings (SSSR count). The maximum absolute atomic E-state index is 12.9. The third kappa shape index (κ3) is 7.03. The summed E-state index contributed by atoms with van der Waals surface area (Å²) in [7, 11) is 1.57. The minimum atomic E-state index is -2.97. The molecule has 37 heavy (non-hydrogen) atoms. The molecule has 8 nitrogen and oxygen atoms in total. The van der Waals surface area contributed by atoms with E-state index >= 15 is 0 Å². The Balaban J connectivity index is 1.41. The summed E-state index contributed by atoms with van der Waals surface area (Å²) in [5, 5.41) is 7.23. The number of hydrogen-bond acceptors (Lipinski definition) is 7.